The van der Waals surface area contributed by atoms with Gasteiger partial charge in [0, 0.05) is 12.5 Å². The summed E-state index contributed by atoms with van der Waals surface area (Å²) in [4.78, 5) is 0. The summed E-state index contributed by atoms with van der Waals surface area (Å²) >= 11 is 0. The number of rotatable bonds is 3. The minimum atomic E-state index is -2.69. The Morgan fingerprint density at radius 3 is 2.31 bits per heavy atom. The van der Waals surface area contributed by atoms with Crippen LogP contribution in [-0.2, 0) is 5.41 Å². The molecule has 0 saturated heterocycles. The van der Waals surface area contributed by atoms with Crippen LogP contribution < -0.4 is 4.74 Å². The predicted molar refractivity (Wildman–Crippen MR) is 59.1 cm³/mol. The van der Waals surface area contributed by atoms with Crippen molar-refractivity contribution in [1.82, 2.24) is 0 Å². The van der Waals surface area contributed by atoms with Crippen LogP contribution in [0.4, 0.5) is 8.78 Å². The smallest absolute Gasteiger partial charge is 0.255 e. The van der Waals surface area contributed by atoms with Crippen molar-refractivity contribution < 1.29 is 13.5 Å². The number of halogens is 2. The van der Waals surface area contributed by atoms with Gasteiger partial charge >= 0.3 is 0 Å². The molecular formula is C13H16F2O. The fourth-order valence-electron chi connectivity index (χ4n) is 2.52. The third-order valence-electron chi connectivity index (χ3n) is 3.67. The van der Waals surface area contributed by atoms with Gasteiger partial charge in [-0.3, -0.25) is 0 Å². The number of methoxy groups -OCH3 is 1. The van der Waals surface area contributed by atoms with Gasteiger partial charge in [-0.05, 0) is 18.9 Å². The van der Waals surface area contributed by atoms with E-state index in [4.69, 9.17) is 4.74 Å². The van der Waals surface area contributed by atoms with Gasteiger partial charge in [-0.15, -0.1) is 0 Å². The second-order valence-electron chi connectivity index (χ2n) is 4.52. The zero-order valence-electron chi connectivity index (χ0n) is 9.59. The number of hydrogen-bond donors (Lipinski definition) is 0. The van der Waals surface area contributed by atoms with Crippen LogP contribution in [0.1, 0.15) is 31.7 Å². The van der Waals surface area contributed by atoms with E-state index in [1.807, 2.05) is 6.07 Å². The first-order valence-electron chi connectivity index (χ1n) is 5.52. The topological polar surface area (TPSA) is 9.23 Å². The van der Waals surface area contributed by atoms with Crippen LogP contribution in [0.25, 0.3) is 0 Å². The fourth-order valence-corrected chi connectivity index (χ4v) is 2.52. The zero-order chi connectivity index (χ0) is 11.8. The Kier molecular flexibility index (Phi) is 2.64. The zero-order valence-corrected chi connectivity index (χ0v) is 9.59. The van der Waals surface area contributed by atoms with Crippen LogP contribution in [0.5, 0.6) is 5.75 Å². The van der Waals surface area contributed by atoms with Gasteiger partial charge in [-0.25, -0.2) is 8.78 Å². The van der Waals surface area contributed by atoms with E-state index in [0.717, 1.165) is 13.3 Å². The minimum Gasteiger partial charge on any atom is -0.496 e. The first kappa shape index (κ1) is 11.4. The Hall–Kier alpha value is -1.12. The molecule has 1 aromatic rings. The molecule has 0 amide bonds. The molecule has 0 radical (unpaired) electrons. The summed E-state index contributed by atoms with van der Waals surface area (Å²) < 4.78 is 32.7. The third kappa shape index (κ3) is 1.49. The monoisotopic (exact) mass is 226 g/mol. The summed E-state index contributed by atoms with van der Waals surface area (Å²) in [6, 6.07) is 7.11. The van der Waals surface area contributed by atoms with Gasteiger partial charge in [0.25, 0.3) is 5.92 Å². The molecule has 0 bridgehead atoms. The van der Waals surface area contributed by atoms with Crippen molar-refractivity contribution in [2.24, 2.45) is 0 Å². The van der Waals surface area contributed by atoms with Crippen molar-refractivity contribution in [1.29, 1.82) is 0 Å². The van der Waals surface area contributed by atoms with E-state index >= 15 is 0 Å². The molecule has 0 aliphatic heterocycles. The standard InChI is InChI=1S/C13H16F2O/c1-12(14,15)13(8-5-9-13)10-6-3-4-7-11(10)16-2/h3-4,6-7H,5,8-9H2,1-2H3. The van der Waals surface area contributed by atoms with Crippen molar-refractivity contribution in [3.63, 3.8) is 0 Å². The molecule has 3 heteroatoms. The van der Waals surface area contributed by atoms with Crippen LogP contribution in [0.15, 0.2) is 24.3 Å². The molecule has 0 spiro atoms. The molecule has 88 valence electrons. The molecule has 0 heterocycles. The Balaban J connectivity index is 2.49. The second kappa shape index (κ2) is 3.72. The largest absolute Gasteiger partial charge is 0.496 e. The van der Waals surface area contributed by atoms with Gasteiger partial charge in [0.1, 0.15) is 5.75 Å². The molecule has 1 aliphatic carbocycles. The average Bonchev–Trinajstić information content (AvgIpc) is 2.14. The highest BCUT2D eigenvalue weighted by Crippen LogP contribution is 2.55. The summed E-state index contributed by atoms with van der Waals surface area (Å²) in [5.41, 5.74) is -0.365. The summed E-state index contributed by atoms with van der Waals surface area (Å²) in [6.45, 7) is 1.01. The Morgan fingerprint density at radius 2 is 1.88 bits per heavy atom. The van der Waals surface area contributed by atoms with E-state index < -0.39 is 11.3 Å². The number of para-hydroxylation sites is 1. The number of alkyl halides is 2. The number of hydrogen-bond acceptors (Lipinski definition) is 1. The second-order valence-corrected chi connectivity index (χ2v) is 4.52. The van der Waals surface area contributed by atoms with Crippen LogP contribution in [0.3, 0.4) is 0 Å². The molecule has 0 atom stereocenters. The van der Waals surface area contributed by atoms with Crippen LogP contribution in [-0.4, -0.2) is 13.0 Å². The minimum absolute atomic E-state index is 0.539. The summed E-state index contributed by atoms with van der Waals surface area (Å²) in [5.74, 6) is -2.12. The average molecular weight is 226 g/mol. The molecular weight excluding hydrogens is 210 g/mol. The first-order chi connectivity index (χ1) is 7.51. The van der Waals surface area contributed by atoms with Gasteiger partial charge in [0.2, 0.25) is 0 Å². The van der Waals surface area contributed by atoms with Crippen molar-refractivity contribution in [2.45, 2.75) is 37.5 Å². The Bertz CT molecular complexity index is 378. The highest BCUT2D eigenvalue weighted by atomic mass is 19.3. The summed E-state index contributed by atoms with van der Waals surface area (Å²) in [5, 5.41) is 0. The first-order valence-corrected chi connectivity index (χ1v) is 5.52. The van der Waals surface area contributed by atoms with E-state index in [0.29, 0.717) is 24.2 Å². The maximum absolute atomic E-state index is 13.8. The van der Waals surface area contributed by atoms with Gasteiger partial charge in [0.15, 0.2) is 0 Å². The molecule has 0 unspecified atom stereocenters. The Labute approximate surface area is 94.4 Å². The lowest BCUT2D eigenvalue weighted by molar-refractivity contribution is -0.0977. The molecule has 1 aromatic carbocycles. The maximum Gasteiger partial charge on any atom is 0.255 e. The van der Waals surface area contributed by atoms with E-state index in [2.05, 4.69) is 0 Å². The van der Waals surface area contributed by atoms with Gasteiger partial charge < -0.3 is 4.74 Å². The molecule has 1 aliphatic rings. The molecule has 2 rings (SSSR count). The highest BCUT2D eigenvalue weighted by molar-refractivity contribution is 5.42. The quantitative estimate of drug-likeness (QED) is 0.762. The van der Waals surface area contributed by atoms with Crippen molar-refractivity contribution in [3.8, 4) is 5.75 Å². The van der Waals surface area contributed by atoms with E-state index in [1.165, 1.54) is 7.11 Å². The fraction of sp³-hybridized carbons (Fsp3) is 0.538. The Morgan fingerprint density at radius 1 is 1.25 bits per heavy atom. The lowest BCUT2D eigenvalue weighted by Crippen LogP contribution is -2.48. The van der Waals surface area contributed by atoms with Crippen molar-refractivity contribution in [3.05, 3.63) is 29.8 Å². The van der Waals surface area contributed by atoms with Gasteiger partial charge in [-0.2, -0.15) is 0 Å². The number of benzene rings is 1. The van der Waals surface area contributed by atoms with Crippen molar-refractivity contribution >= 4 is 0 Å². The SMILES string of the molecule is COc1ccccc1C1(C(C)(F)F)CCC1. The van der Waals surface area contributed by atoms with Crippen LogP contribution in [0, 0.1) is 0 Å². The van der Waals surface area contributed by atoms with Gasteiger partial charge in [0.05, 0.1) is 12.5 Å². The van der Waals surface area contributed by atoms with Crippen LogP contribution >= 0.6 is 0 Å². The molecule has 1 nitrogen and oxygen atoms in total. The summed E-state index contributed by atoms with van der Waals surface area (Å²) in [7, 11) is 1.53. The van der Waals surface area contributed by atoms with E-state index in [9.17, 15) is 8.78 Å². The normalized spacial score (nSPS) is 19.0. The predicted octanol–water partition coefficient (Wildman–Crippen LogP) is 3.77. The molecule has 16 heavy (non-hydrogen) atoms. The lowest BCUT2D eigenvalue weighted by atomic mass is 9.60. The third-order valence-corrected chi connectivity index (χ3v) is 3.67. The van der Waals surface area contributed by atoms with E-state index in [-0.39, 0.29) is 0 Å². The molecule has 0 aromatic heterocycles. The van der Waals surface area contributed by atoms with Crippen molar-refractivity contribution in [2.75, 3.05) is 7.11 Å². The maximum atomic E-state index is 13.8. The molecule has 1 fully saturated rings. The lowest BCUT2D eigenvalue weighted by Gasteiger charge is -2.46. The number of ether oxygens (including phenoxy) is 1. The summed E-state index contributed by atoms with van der Waals surface area (Å²) in [6.07, 6.45) is 1.94. The molecule has 0 N–H and O–H groups in total. The highest BCUT2D eigenvalue weighted by Gasteiger charge is 2.56. The van der Waals surface area contributed by atoms with Crippen LogP contribution in [0.2, 0.25) is 0 Å². The van der Waals surface area contributed by atoms with E-state index in [1.54, 1.807) is 18.2 Å². The molecule has 1 saturated carbocycles. The van der Waals surface area contributed by atoms with Gasteiger partial charge in [-0.1, -0.05) is 24.6 Å².